The first kappa shape index (κ1) is 13.7. The maximum Gasteiger partial charge on any atom is 0.134 e. The summed E-state index contributed by atoms with van der Waals surface area (Å²) in [5.41, 5.74) is 4.76. The lowest BCUT2D eigenvalue weighted by atomic mass is 9.99. The number of ether oxygens (including phenoxy) is 1. The minimum absolute atomic E-state index is 0.172. The summed E-state index contributed by atoms with van der Waals surface area (Å²) in [4.78, 5) is 0. The summed E-state index contributed by atoms with van der Waals surface area (Å²) >= 11 is 0. The van der Waals surface area contributed by atoms with Crippen LogP contribution in [0.1, 0.15) is 24.5 Å². The zero-order valence-electron chi connectivity index (χ0n) is 12.5. The maximum atomic E-state index is 6.24. The average molecular weight is 276 g/mol. The minimum Gasteiger partial charge on any atom is -0.489 e. The van der Waals surface area contributed by atoms with Crippen molar-refractivity contribution >= 4 is 6.08 Å². The summed E-state index contributed by atoms with van der Waals surface area (Å²) in [7, 11) is 0. The molecular formula is C20H20O. The third-order valence-electron chi connectivity index (χ3n) is 3.68. The van der Waals surface area contributed by atoms with Crippen LogP contribution in [-0.2, 0) is 0 Å². The van der Waals surface area contributed by atoms with Crippen LogP contribution in [0.4, 0.5) is 0 Å². The Morgan fingerprint density at radius 3 is 2.76 bits per heavy atom. The van der Waals surface area contributed by atoms with Gasteiger partial charge in [0.25, 0.3) is 0 Å². The molecule has 0 spiro atoms. The molecule has 0 radical (unpaired) electrons. The normalized spacial score (nSPS) is 18.9. The molecule has 1 heterocycles. The van der Waals surface area contributed by atoms with Gasteiger partial charge in [0.1, 0.15) is 5.75 Å². The topological polar surface area (TPSA) is 9.23 Å². The first-order valence-corrected chi connectivity index (χ1v) is 7.44. The van der Waals surface area contributed by atoms with Gasteiger partial charge in [-0.05, 0) is 19.4 Å². The van der Waals surface area contributed by atoms with Crippen LogP contribution < -0.4 is 4.74 Å². The first-order chi connectivity index (χ1) is 10.2. The number of fused-ring (bicyclic) bond motifs is 1. The van der Waals surface area contributed by atoms with E-state index < -0.39 is 0 Å². The van der Waals surface area contributed by atoms with Crippen LogP contribution in [-0.4, -0.2) is 6.10 Å². The lowest BCUT2D eigenvalue weighted by molar-refractivity contribution is 0.226. The lowest BCUT2D eigenvalue weighted by Gasteiger charge is -2.18. The van der Waals surface area contributed by atoms with E-state index in [9.17, 15) is 0 Å². The van der Waals surface area contributed by atoms with Gasteiger partial charge < -0.3 is 4.74 Å². The van der Waals surface area contributed by atoms with Crippen LogP contribution in [0.25, 0.3) is 17.2 Å². The van der Waals surface area contributed by atoms with E-state index in [4.69, 9.17) is 4.74 Å². The fraction of sp³-hybridized carbons (Fsp3) is 0.200. The van der Waals surface area contributed by atoms with E-state index in [0.717, 1.165) is 23.3 Å². The standard InChI is InChI=1S/C20H20O/c1-15-8-6-12-18(14-15)19-13-7-11-17-10-5-3-4-9-16(2)21-20(17)19/h3-8,10-14,16H,9H2,1-2H3/b4-3-,10-5?. The average Bonchev–Trinajstić information content (AvgIpc) is 2.56. The van der Waals surface area contributed by atoms with E-state index in [1.165, 1.54) is 11.1 Å². The van der Waals surface area contributed by atoms with E-state index in [0.29, 0.717) is 0 Å². The molecule has 3 rings (SSSR count). The molecule has 0 bridgehead atoms. The second-order valence-electron chi connectivity index (χ2n) is 5.54. The fourth-order valence-corrected chi connectivity index (χ4v) is 2.61. The van der Waals surface area contributed by atoms with Gasteiger partial charge in [-0.25, -0.2) is 0 Å². The molecule has 21 heavy (non-hydrogen) atoms. The molecule has 0 aromatic heterocycles. The Hall–Kier alpha value is -2.28. The van der Waals surface area contributed by atoms with Crippen LogP contribution in [0.3, 0.4) is 0 Å². The molecular weight excluding hydrogens is 256 g/mol. The van der Waals surface area contributed by atoms with Crippen molar-refractivity contribution in [3.8, 4) is 16.9 Å². The summed E-state index contributed by atoms with van der Waals surface area (Å²) in [6, 6.07) is 14.9. The van der Waals surface area contributed by atoms with E-state index in [2.05, 4.69) is 80.6 Å². The quantitative estimate of drug-likeness (QED) is 0.677. The molecule has 0 saturated heterocycles. The summed E-state index contributed by atoms with van der Waals surface area (Å²) in [6.45, 7) is 4.24. The summed E-state index contributed by atoms with van der Waals surface area (Å²) in [5, 5.41) is 0. The van der Waals surface area contributed by atoms with Gasteiger partial charge in [-0.3, -0.25) is 0 Å². The number of aryl methyl sites for hydroxylation is 1. The molecule has 2 aromatic carbocycles. The van der Waals surface area contributed by atoms with E-state index >= 15 is 0 Å². The number of allylic oxidation sites excluding steroid dienone is 2. The summed E-state index contributed by atoms with van der Waals surface area (Å²) in [5.74, 6) is 0.982. The predicted molar refractivity (Wildman–Crippen MR) is 89.5 cm³/mol. The van der Waals surface area contributed by atoms with Gasteiger partial charge in [0.15, 0.2) is 0 Å². The molecule has 1 aliphatic heterocycles. The molecule has 1 aliphatic rings. The highest BCUT2D eigenvalue weighted by Gasteiger charge is 2.13. The van der Waals surface area contributed by atoms with Crippen LogP contribution >= 0.6 is 0 Å². The van der Waals surface area contributed by atoms with E-state index in [-0.39, 0.29) is 6.10 Å². The number of para-hydroxylation sites is 1. The molecule has 0 fully saturated rings. The minimum atomic E-state index is 0.172. The molecule has 1 atom stereocenters. The van der Waals surface area contributed by atoms with Gasteiger partial charge >= 0.3 is 0 Å². The number of benzene rings is 2. The van der Waals surface area contributed by atoms with Crippen molar-refractivity contribution < 1.29 is 4.74 Å². The highest BCUT2D eigenvalue weighted by atomic mass is 16.5. The zero-order valence-corrected chi connectivity index (χ0v) is 12.5. The molecule has 0 aliphatic carbocycles. The van der Waals surface area contributed by atoms with Crippen LogP contribution in [0.15, 0.2) is 60.7 Å². The van der Waals surface area contributed by atoms with Crippen molar-refractivity contribution in [1.29, 1.82) is 0 Å². The van der Waals surface area contributed by atoms with Gasteiger partial charge in [-0.1, -0.05) is 72.3 Å². The van der Waals surface area contributed by atoms with Crippen molar-refractivity contribution in [2.45, 2.75) is 26.4 Å². The second kappa shape index (κ2) is 6.01. The Labute approximate surface area is 126 Å². The van der Waals surface area contributed by atoms with Crippen LogP contribution in [0.2, 0.25) is 0 Å². The monoisotopic (exact) mass is 276 g/mol. The third kappa shape index (κ3) is 3.08. The Morgan fingerprint density at radius 2 is 1.90 bits per heavy atom. The number of rotatable bonds is 1. The van der Waals surface area contributed by atoms with Gasteiger partial charge in [-0.2, -0.15) is 0 Å². The molecule has 0 saturated carbocycles. The molecule has 0 N–H and O–H groups in total. The van der Waals surface area contributed by atoms with Crippen molar-refractivity contribution in [3.05, 3.63) is 71.8 Å². The summed E-state index contributed by atoms with van der Waals surface area (Å²) in [6.07, 6.45) is 9.54. The number of hydrogen-bond acceptors (Lipinski definition) is 1. The van der Waals surface area contributed by atoms with Crippen molar-refractivity contribution in [2.75, 3.05) is 0 Å². The predicted octanol–water partition coefficient (Wildman–Crippen LogP) is 5.40. The van der Waals surface area contributed by atoms with Gasteiger partial charge in [0, 0.05) is 17.5 Å². The first-order valence-electron chi connectivity index (χ1n) is 7.44. The lowest BCUT2D eigenvalue weighted by Crippen LogP contribution is -2.11. The number of hydrogen-bond donors (Lipinski definition) is 0. The molecule has 106 valence electrons. The zero-order chi connectivity index (χ0) is 14.7. The Kier molecular flexibility index (Phi) is 3.92. The second-order valence-corrected chi connectivity index (χ2v) is 5.54. The van der Waals surface area contributed by atoms with Crippen LogP contribution in [0.5, 0.6) is 5.75 Å². The molecule has 1 nitrogen and oxygen atoms in total. The Bertz CT molecular complexity index is 695. The van der Waals surface area contributed by atoms with E-state index in [1.807, 2.05) is 0 Å². The van der Waals surface area contributed by atoms with Crippen molar-refractivity contribution in [1.82, 2.24) is 0 Å². The summed E-state index contributed by atoms with van der Waals surface area (Å²) < 4.78 is 6.24. The van der Waals surface area contributed by atoms with Gasteiger partial charge in [0.2, 0.25) is 0 Å². The van der Waals surface area contributed by atoms with E-state index in [1.54, 1.807) is 0 Å². The SMILES string of the molecule is Cc1cccc(-c2cccc3c2OC(C)C/C=C\C=C3)c1. The van der Waals surface area contributed by atoms with Crippen molar-refractivity contribution in [3.63, 3.8) is 0 Å². The highest BCUT2D eigenvalue weighted by molar-refractivity contribution is 5.77. The van der Waals surface area contributed by atoms with Gasteiger partial charge in [-0.15, -0.1) is 0 Å². The Morgan fingerprint density at radius 1 is 1.05 bits per heavy atom. The smallest absolute Gasteiger partial charge is 0.134 e. The third-order valence-corrected chi connectivity index (χ3v) is 3.68. The van der Waals surface area contributed by atoms with Crippen molar-refractivity contribution in [2.24, 2.45) is 0 Å². The maximum absolute atomic E-state index is 6.24. The highest BCUT2D eigenvalue weighted by Crippen LogP contribution is 2.35. The fourth-order valence-electron chi connectivity index (χ4n) is 2.61. The largest absolute Gasteiger partial charge is 0.489 e. The molecule has 2 aromatic rings. The Balaban J connectivity index is 2.14. The molecule has 0 amide bonds. The van der Waals surface area contributed by atoms with Crippen LogP contribution in [0, 0.1) is 6.92 Å². The molecule has 1 heteroatoms. The van der Waals surface area contributed by atoms with Gasteiger partial charge in [0.05, 0.1) is 6.10 Å². The molecule has 1 unspecified atom stereocenters.